The summed E-state index contributed by atoms with van der Waals surface area (Å²) >= 11 is 0. The van der Waals surface area contributed by atoms with E-state index in [2.05, 4.69) is 4.98 Å². The number of nitrogens with one attached hydrogen (secondary N) is 1. The third-order valence-corrected chi connectivity index (χ3v) is 2.62. The van der Waals surface area contributed by atoms with Crippen LogP contribution in [0.1, 0.15) is 25.0 Å². The highest BCUT2D eigenvalue weighted by atomic mass is 16.3. The summed E-state index contributed by atoms with van der Waals surface area (Å²) in [5.41, 5.74) is 0.604. The summed E-state index contributed by atoms with van der Waals surface area (Å²) in [5, 5.41) is 10.6. The lowest BCUT2D eigenvalue weighted by Crippen LogP contribution is -2.17. The minimum Gasteiger partial charge on any atom is -0.388 e. The zero-order chi connectivity index (χ0) is 12.4. The fourth-order valence-electron chi connectivity index (χ4n) is 1.79. The second-order valence-corrected chi connectivity index (χ2v) is 4.06. The lowest BCUT2D eigenvalue weighted by Gasteiger charge is -2.08. The van der Waals surface area contributed by atoms with Crippen molar-refractivity contribution < 1.29 is 9.90 Å². The number of hydrogen-bond donors (Lipinski definition) is 2. The number of H-pyrrole nitrogens is 1. The number of aliphatic hydroxyl groups is 1. The monoisotopic (exact) mass is 231 g/mol. The smallest absolute Gasteiger partial charge is 0.254 e. The fraction of sp³-hybridized carbons (Fsp3) is 0.231. The highest BCUT2D eigenvalue weighted by Gasteiger charge is 2.14. The number of aromatic amines is 1. The van der Waals surface area contributed by atoms with E-state index in [1.165, 1.54) is 6.92 Å². The first-order chi connectivity index (χ1) is 8.08. The molecule has 1 heterocycles. The third-order valence-electron chi connectivity index (χ3n) is 2.62. The van der Waals surface area contributed by atoms with Gasteiger partial charge in [-0.3, -0.25) is 9.59 Å². The van der Waals surface area contributed by atoms with Crippen molar-refractivity contribution in [1.82, 2.24) is 4.98 Å². The van der Waals surface area contributed by atoms with Gasteiger partial charge in [-0.15, -0.1) is 0 Å². The molecule has 2 aromatic rings. The molecule has 1 aromatic carbocycles. The molecule has 88 valence electrons. The van der Waals surface area contributed by atoms with E-state index in [-0.39, 0.29) is 23.3 Å². The van der Waals surface area contributed by atoms with Crippen molar-refractivity contribution in [3.05, 3.63) is 46.2 Å². The van der Waals surface area contributed by atoms with Gasteiger partial charge in [0.15, 0.2) is 0 Å². The Balaban J connectivity index is 2.51. The van der Waals surface area contributed by atoms with E-state index < -0.39 is 6.10 Å². The van der Waals surface area contributed by atoms with E-state index in [1.54, 1.807) is 12.1 Å². The van der Waals surface area contributed by atoms with E-state index in [9.17, 15) is 14.7 Å². The van der Waals surface area contributed by atoms with Crippen LogP contribution < -0.4 is 5.56 Å². The molecule has 0 aliphatic carbocycles. The van der Waals surface area contributed by atoms with Crippen molar-refractivity contribution in [2.24, 2.45) is 0 Å². The van der Waals surface area contributed by atoms with E-state index in [0.717, 1.165) is 10.9 Å². The average molecular weight is 231 g/mol. The molecule has 0 radical (unpaired) electrons. The number of ketones is 1. The van der Waals surface area contributed by atoms with E-state index in [4.69, 9.17) is 0 Å². The Hall–Kier alpha value is -1.94. The Morgan fingerprint density at radius 2 is 2.12 bits per heavy atom. The molecule has 0 spiro atoms. The number of para-hydroxylation sites is 1. The standard InChI is InChI=1S/C13H13NO3/c1-8(15)6-12(16)10-7-9-4-2-3-5-11(9)14-13(10)17/h2-5,7,12,16H,6H2,1H3,(H,14,17). The van der Waals surface area contributed by atoms with Gasteiger partial charge in [0.05, 0.1) is 6.10 Å². The first kappa shape index (κ1) is 11.5. The van der Waals surface area contributed by atoms with Gasteiger partial charge in [0.2, 0.25) is 0 Å². The molecular weight excluding hydrogens is 218 g/mol. The predicted molar refractivity (Wildman–Crippen MR) is 64.8 cm³/mol. The lowest BCUT2D eigenvalue weighted by atomic mass is 10.0. The molecule has 0 amide bonds. The molecule has 2 N–H and O–H groups in total. The maximum atomic E-state index is 11.7. The van der Waals surface area contributed by atoms with Gasteiger partial charge in [0.25, 0.3) is 5.56 Å². The summed E-state index contributed by atoms with van der Waals surface area (Å²) in [5.74, 6) is -0.148. The van der Waals surface area contributed by atoms with Crippen LogP contribution >= 0.6 is 0 Å². The number of pyridine rings is 1. The molecule has 2 rings (SSSR count). The van der Waals surface area contributed by atoms with Crippen molar-refractivity contribution in [2.75, 3.05) is 0 Å². The Morgan fingerprint density at radius 1 is 1.41 bits per heavy atom. The van der Waals surface area contributed by atoms with Crippen LogP contribution in [0.15, 0.2) is 35.1 Å². The number of aromatic nitrogens is 1. The van der Waals surface area contributed by atoms with Gasteiger partial charge < -0.3 is 10.1 Å². The number of carbonyl (C=O) groups is 1. The van der Waals surface area contributed by atoms with Crippen molar-refractivity contribution in [2.45, 2.75) is 19.4 Å². The molecule has 0 saturated heterocycles. The summed E-state index contributed by atoms with van der Waals surface area (Å²) < 4.78 is 0. The second-order valence-electron chi connectivity index (χ2n) is 4.06. The number of benzene rings is 1. The van der Waals surface area contributed by atoms with Gasteiger partial charge >= 0.3 is 0 Å². The van der Waals surface area contributed by atoms with Crippen molar-refractivity contribution >= 4 is 16.7 Å². The van der Waals surface area contributed by atoms with Gasteiger partial charge in [-0.05, 0) is 24.4 Å². The Bertz CT molecular complexity index is 615. The minimum absolute atomic E-state index is 0.0403. The molecule has 4 heteroatoms. The summed E-state index contributed by atoms with van der Waals surface area (Å²) in [7, 11) is 0. The van der Waals surface area contributed by atoms with E-state index in [0.29, 0.717) is 0 Å². The van der Waals surface area contributed by atoms with Crippen LogP contribution in [0.5, 0.6) is 0 Å². The first-order valence-corrected chi connectivity index (χ1v) is 5.37. The molecule has 1 unspecified atom stereocenters. The Kier molecular flexibility index (Phi) is 3.06. The molecule has 1 aromatic heterocycles. The zero-order valence-corrected chi connectivity index (χ0v) is 9.43. The Labute approximate surface area is 97.9 Å². The number of rotatable bonds is 3. The molecular formula is C13H13NO3. The predicted octanol–water partition coefficient (Wildman–Crippen LogP) is 1.54. The van der Waals surface area contributed by atoms with Gasteiger partial charge in [0.1, 0.15) is 5.78 Å². The maximum Gasteiger partial charge on any atom is 0.254 e. The van der Waals surface area contributed by atoms with Gasteiger partial charge in [-0.2, -0.15) is 0 Å². The molecule has 0 bridgehead atoms. The molecule has 1 atom stereocenters. The minimum atomic E-state index is -1.04. The van der Waals surface area contributed by atoms with E-state index >= 15 is 0 Å². The topological polar surface area (TPSA) is 70.2 Å². The summed E-state index contributed by atoms with van der Waals surface area (Å²) in [6.07, 6.45) is -1.08. The quantitative estimate of drug-likeness (QED) is 0.841. The van der Waals surface area contributed by atoms with Crippen LogP contribution in [0.2, 0.25) is 0 Å². The van der Waals surface area contributed by atoms with E-state index in [1.807, 2.05) is 18.2 Å². The largest absolute Gasteiger partial charge is 0.388 e. The number of hydrogen-bond acceptors (Lipinski definition) is 3. The highest BCUT2D eigenvalue weighted by Crippen LogP contribution is 2.17. The molecule has 0 aliphatic heterocycles. The lowest BCUT2D eigenvalue weighted by molar-refractivity contribution is -0.118. The summed E-state index contributed by atoms with van der Waals surface area (Å²) in [4.78, 5) is 25.3. The fourth-order valence-corrected chi connectivity index (χ4v) is 1.79. The maximum absolute atomic E-state index is 11.7. The van der Waals surface area contributed by atoms with Gasteiger partial charge in [-0.1, -0.05) is 18.2 Å². The van der Waals surface area contributed by atoms with Crippen LogP contribution in [0, 0.1) is 0 Å². The van der Waals surface area contributed by atoms with Crippen LogP contribution in [-0.4, -0.2) is 15.9 Å². The average Bonchev–Trinajstić information content (AvgIpc) is 2.27. The number of carbonyl (C=O) groups excluding carboxylic acids is 1. The first-order valence-electron chi connectivity index (χ1n) is 5.37. The third kappa shape index (κ3) is 2.42. The van der Waals surface area contributed by atoms with Gasteiger partial charge in [0, 0.05) is 17.5 Å². The number of aliphatic hydroxyl groups excluding tert-OH is 1. The number of fused-ring (bicyclic) bond motifs is 1. The van der Waals surface area contributed by atoms with Crippen LogP contribution in [-0.2, 0) is 4.79 Å². The molecule has 0 saturated carbocycles. The van der Waals surface area contributed by atoms with Crippen LogP contribution in [0.3, 0.4) is 0 Å². The van der Waals surface area contributed by atoms with Crippen molar-refractivity contribution in [3.63, 3.8) is 0 Å². The second kappa shape index (κ2) is 4.51. The SMILES string of the molecule is CC(=O)CC(O)c1cc2ccccc2[nH]c1=O. The van der Waals surface area contributed by atoms with Crippen molar-refractivity contribution in [1.29, 1.82) is 0 Å². The number of Topliss-reactive ketones (excluding diaryl/α,β-unsaturated/α-hetero) is 1. The van der Waals surface area contributed by atoms with Gasteiger partial charge in [-0.25, -0.2) is 0 Å². The molecule has 0 aliphatic rings. The van der Waals surface area contributed by atoms with Crippen LogP contribution in [0.25, 0.3) is 10.9 Å². The Morgan fingerprint density at radius 3 is 2.82 bits per heavy atom. The normalized spacial score (nSPS) is 12.6. The molecule has 0 fully saturated rings. The van der Waals surface area contributed by atoms with Crippen LogP contribution in [0.4, 0.5) is 0 Å². The van der Waals surface area contributed by atoms with Crippen molar-refractivity contribution in [3.8, 4) is 0 Å². The summed E-state index contributed by atoms with van der Waals surface area (Å²) in [6.45, 7) is 1.39. The molecule has 4 nitrogen and oxygen atoms in total. The zero-order valence-electron chi connectivity index (χ0n) is 9.43. The summed E-state index contributed by atoms with van der Waals surface area (Å²) in [6, 6.07) is 8.93. The highest BCUT2D eigenvalue weighted by molar-refractivity contribution is 5.79. The molecule has 17 heavy (non-hydrogen) atoms.